The molecule has 1 aliphatic heterocycles. The fourth-order valence-electron chi connectivity index (χ4n) is 2.80. The number of amides is 1. The van der Waals surface area contributed by atoms with Crippen LogP contribution in [-0.2, 0) is 11.3 Å². The molecule has 0 saturated heterocycles. The lowest BCUT2D eigenvalue weighted by molar-refractivity contribution is -0.122. The van der Waals surface area contributed by atoms with Crippen LogP contribution >= 0.6 is 0 Å². The summed E-state index contributed by atoms with van der Waals surface area (Å²) in [5.41, 5.74) is 1.45. The molecule has 0 spiro atoms. The molecule has 27 heavy (non-hydrogen) atoms. The van der Waals surface area contributed by atoms with E-state index in [2.05, 4.69) is 15.5 Å². The number of hydrogen-bond donors (Lipinski definition) is 1. The molecule has 0 bridgehead atoms. The normalized spacial score (nSPS) is 13.6. The monoisotopic (exact) mass is 368 g/mol. The minimum Gasteiger partial charge on any atom is -0.454 e. The third-order valence-corrected chi connectivity index (χ3v) is 4.44. The molecule has 0 saturated carbocycles. The van der Waals surface area contributed by atoms with Crippen LogP contribution in [0.2, 0.25) is 0 Å². The number of aromatic nitrogens is 3. The van der Waals surface area contributed by atoms with Gasteiger partial charge in [-0.25, -0.2) is 0 Å². The molecule has 3 heterocycles. The summed E-state index contributed by atoms with van der Waals surface area (Å²) in [6.07, 6.45) is 2.70. The number of hydrogen-bond acceptors (Lipinski definition) is 6. The van der Waals surface area contributed by atoms with Crippen molar-refractivity contribution >= 4 is 5.91 Å². The molecule has 4 rings (SSSR count). The van der Waals surface area contributed by atoms with Gasteiger partial charge >= 0.3 is 0 Å². The number of nitrogens with one attached hydrogen (secondary N) is 1. The molecule has 1 aromatic carbocycles. The molecular formula is C19H20N4O4. The number of carbonyl (C=O) groups excluding carboxylic acids is 1. The van der Waals surface area contributed by atoms with E-state index in [1.54, 1.807) is 4.57 Å². The lowest BCUT2D eigenvalue weighted by atomic mass is 10.2. The summed E-state index contributed by atoms with van der Waals surface area (Å²) in [5.74, 6) is 2.09. The smallest absolute Gasteiger partial charge is 0.274 e. The van der Waals surface area contributed by atoms with Gasteiger partial charge in [0.2, 0.25) is 18.5 Å². The van der Waals surface area contributed by atoms with Crippen molar-refractivity contribution in [3.05, 3.63) is 36.5 Å². The van der Waals surface area contributed by atoms with Crippen molar-refractivity contribution in [1.82, 2.24) is 20.0 Å². The van der Waals surface area contributed by atoms with Gasteiger partial charge in [-0.1, -0.05) is 12.1 Å². The summed E-state index contributed by atoms with van der Waals surface area (Å²) in [6, 6.07) is 9.30. The first kappa shape index (κ1) is 17.1. The molecule has 1 amide bonds. The summed E-state index contributed by atoms with van der Waals surface area (Å²) in [4.78, 5) is 16.6. The molecule has 8 nitrogen and oxygen atoms in total. The fourth-order valence-corrected chi connectivity index (χ4v) is 2.80. The van der Waals surface area contributed by atoms with Gasteiger partial charge in [0, 0.05) is 17.8 Å². The van der Waals surface area contributed by atoms with E-state index in [-0.39, 0.29) is 25.3 Å². The van der Waals surface area contributed by atoms with Gasteiger partial charge < -0.3 is 23.9 Å². The van der Waals surface area contributed by atoms with E-state index in [9.17, 15) is 4.79 Å². The quantitative estimate of drug-likeness (QED) is 0.719. The highest BCUT2D eigenvalue weighted by molar-refractivity contribution is 5.76. The number of carbonyl (C=O) groups is 1. The molecule has 1 N–H and O–H groups in total. The summed E-state index contributed by atoms with van der Waals surface area (Å²) in [7, 11) is 0. The number of fused-ring (bicyclic) bond motifs is 1. The Morgan fingerprint density at radius 2 is 2.15 bits per heavy atom. The van der Waals surface area contributed by atoms with E-state index < -0.39 is 0 Å². The topological polar surface area (TPSA) is 91.4 Å². The Bertz CT molecular complexity index is 962. The van der Waals surface area contributed by atoms with Crippen LogP contribution in [-0.4, -0.2) is 33.4 Å². The maximum Gasteiger partial charge on any atom is 0.274 e. The second-order valence-corrected chi connectivity index (χ2v) is 6.39. The average molecular weight is 368 g/mol. The summed E-state index contributed by atoms with van der Waals surface area (Å²) >= 11 is 0. The molecule has 3 aromatic rings. The maximum atomic E-state index is 12.2. The Morgan fingerprint density at radius 1 is 1.30 bits per heavy atom. The Morgan fingerprint density at radius 3 is 3.00 bits per heavy atom. The maximum absolute atomic E-state index is 12.2. The van der Waals surface area contributed by atoms with E-state index in [1.807, 2.05) is 50.4 Å². The standard InChI is InChI=1S/C19H20N4O4/c1-3-12(2)20-17(24)10-23-8-4-5-14(23)19-21-18(22-27-19)13-6-7-15-16(9-13)26-11-25-15/h4-9,12H,3,10-11H2,1-2H3,(H,20,24). The largest absolute Gasteiger partial charge is 0.454 e. The van der Waals surface area contributed by atoms with Crippen molar-refractivity contribution in [2.24, 2.45) is 0 Å². The first-order valence-corrected chi connectivity index (χ1v) is 8.82. The van der Waals surface area contributed by atoms with Gasteiger partial charge in [0.15, 0.2) is 11.5 Å². The van der Waals surface area contributed by atoms with Crippen LogP contribution in [0.15, 0.2) is 41.1 Å². The van der Waals surface area contributed by atoms with Gasteiger partial charge in [-0.15, -0.1) is 0 Å². The average Bonchev–Trinajstić information content (AvgIpc) is 3.40. The van der Waals surface area contributed by atoms with Crippen LogP contribution in [0.25, 0.3) is 23.0 Å². The van der Waals surface area contributed by atoms with Gasteiger partial charge in [-0.05, 0) is 43.7 Å². The summed E-state index contributed by atoms with van der Waals surface area (Å²) in [6.45, 7) is 4.41. The highest BCUT2D eigenvalue weighted by atomic mass is 16.7. The SMILES string of the molecule is CCC(C)NC(=O)Cn1cccc1-c1nc(-c2ccc3c(c2)OCO3)no1. The van der Waals surface area contributed by atoms with Crippen molar-refractivity contribution in [2.45, 2.75) is 32.9 Å². The fraction of sp³-hybridized carbons (Fsp3) is 0.316. The Hall–Kier alpha value is -3.29. The first-order chi connectivity index (χ1) is 13.1. The lowest BCUT2D eigenvalue weighted by Crippen LogP contribution is -2.34. The van der Waals surface area contributed by atoms with Crippen molar-refractivity contribution in [3.63, 3.8) is 0 Å². The zero-order valence-electron chi connectivity index (χ0n) is 15.1. The molecule has 1 aliphatic rings. The van der Waals surface area contributed by atoms with Gasteiger partial charge in [-0.2, -0.15) is 4.98 Å². The van der Waals surface area contributed by atoms with Gasteiger partial charge in [0.25, 0.3) is 5.89 Å². The predicted molar refractivity (Wildman–Crippen MR) is 97.2 cm³/mol. The minimum atomic E-state index is -0.0580. The minimum absolute atomic E-state index is 0.0580. The Balaban J connectivity index is 1.54. The number of nitrogens with zero attached hydrogens (tertiary/aromatic N) is 3. The van der Waals surface area contributed by atoms with E-state index in [1.165, 1.54) is 0 Å². The van der Waals surface area contributed by atoms with Gasteiger partial charge in [0.1, 0.15) is 12.2 Å². The number of rotatable bonds is 6. The highest BCUT2D eigenvalue weighted by Gasteiger charge is 2.19. The van der Waals surface area contributed by atoms with Crippen LogP contribution in [0.4, 0.5) is 0 Å². The highest BCUT2D eigenvalue weighted by Crippen LogP contribution is 2.35. The lowest BCUT2D eigenvalue weighted by Gasteiger charge is -2.12. The molecule has 2 aromatic heterocycles. The third kappa shape index (κ3) is 3.51. The molecule has 140 valence electrons. The van der Waals surface area contributed by atoms with Crippen molar-refractivity contribution < 1.29 is 18.8 Å². The predicted octanol–water partition coefficient (Wildman–Crippen LogP) is 2.85. The van der Waals surface area contributed by atoms with Crippen molar-refractivity contribution in [3.8, 4) is 34.5 Å². The van der Waals surface area contributed by atoms with Crippen molar-refractivity contribution in [2.75, 3.05) is 6.79 Å². The number of ether oxygens (including phenoxy) is 2. The van der Waals surface area contributed by atoms with Crippen LogP contribution in [0.1, 0.15) is 20.3 Å². The van der Waals surface area contributed by atoms with E-state index in [4.69, 9.17) is 14.0 Å². The second kappa shape index (κ2) is 7.14. The van der Waals surface area contributed by atoms with E-state index in [0.717, 1.165) is 12.0 Å². The van der Waals surface area contributed by atoms with Gasteiger partial charge in [-0.3, -0.25) is 4.79 Å². The molecule has 0 fully saturated rings. The van der Waals surface area contributed by atoms with Crippen LogP contribution < -0.4 is 14.8 Å². The zero-order valence-corrected chi connectivity index (χ0v) is 15.1. The second-order valence-electron chi connectivity index (χ2n) is 6.39. The molecular weight excluding hydrogens is 348 g/mol. The Kier molecular flexibility index (Phi) is 4.53. The molecule has 0 radical (unpaired) electrons. The molecule has 1 unspecified atom stereocenters. The van der Waals surface area contributed by atoms with Crippen LogP contribution in [0, 0.1) is 0 Å². The third-order valence-electron chi connectivity index (χ3n) is 4.44. The molecule has 1 atom stereocenters. The van der Waals surface area contributed by atoms with Crippen LogP contribution in [0.3, 0.4) is 0 Å². The van der Waals surface area contributed by atoms with Crippen molar-refractivity contribution in [1.29, 1.82) is 0 Å². The summed E-state index contributed by atoms with van der Waals surface area (Å²) < 4.78 is 17.9. The van der Waals surface area contributed by atoms with Crippen LogP contribution in [0.5, 0.6) is 11.5 Å². The first-order valence-electron chi connectivity index (χ1n) is 8.82. The van der Waals surface area contributed by atoms with E-state index >= 15 is 0 Å². The number of benzene rings is 1. The Labute approximate surface area is 156 Å². The van der Waals surface area contributed by atoms with Gasteiger partial charge in [0.05, 0.1) is 0 Å². The molecule has 0 aliphatic carbocycles. The summed E-state index contributed by atoms with van der Waals surface area (Å²) in [5, 5.41) is 7.00. The van der Waals surface area contributed by atoms with E-state index in [0.29, 0.717) is 28.9 Å². The molecule has 8 heteroatoms. The zero-order chi connectivity index (χ0) is 18.8.